The van der Waals surface area contributed by atoms with Crippen molar-refractivity contribution in [3.63, 3.8) is 0 Å². The molecule has 1 aliphatic rings. The number of hydrogen-bond acceptors (Lipinski definition) is 2. The first-order valence-electron chi connectivity index (χ1n) is 16.9. The van der Waals surface area contributed by atoms with Crippen LogP contribution < -0.4 is 0 Å². The molecule has 0 amide bonds. The van der Waals surface area contributed by atoms with Crippen LogP contribution in [0.25, 0.3) is 78.1 Å². The summed E-state index contributed by atoms with van der Waals surface area (Å²) in [6.45, 7) is 4.71. The molecule has 0 spiro atoms. The first-order valence-corrected chi connectivity index (χ1v) is 16.9. The highest BCUT2D eigenvalue weighted by Gasteiger charge is 2.37. The van der Waals surface area contributed by atoms with Gasteiger partial charge in [0, 0.05) is 22.1 Å². The molecular formula is C47H34N2. The molecule has 2 heteroatoms. The fourth-order valence-corrected chi connectivity index (χ4v) is 7.53. The van der Waals surface area contributed by atoms with Gasteiger partial charge in [0.1, 0.15) is 0 Å². The van der Waals surface area contributed by atoms with E-state index >= 15 is 0 Å². The molecule has 49 heavy (non-hydrogen) atoms. The van der Waals surface area contributed by atoms with Gasteiger partial charge in [-0.15, -0.1) is 0 Å². The van der Waals surface area contributed by atoms with Crippen molar-refractivity contribution in [2.45, 2.75) is 19.3 Å². The Hall–Kier alpha value is -6.12. The molecule has 0 N–H and O–H groups in total. The highest BCUT2D eigenvalue weighted by molar-refractivity contribution is 6.06. The van der Waals surface area contributed by atoms with Crippen molar-refractivity contribution in [2.24, 2.45) is 0 Å². The van der Waals surface area contributed by atoms with E-state index in [0.29, 0.717) is 5.82 Å². The van der Waals surface area contributed by atoms with Crippen LogP contribution in [0.4, 0.5) is 0 Å². The lowest BCUT2D eigenvalue weighted by atomic mass is 9.81. The standard InChI is InChI=1S/C47H34N2/c1-47(2)40-19-11-18-39(44(40)45-38-17-10-9-14-33(38)28-29-41(45)47)34-22-24-36(25-23-34)43-30-42(35-15-7-4-8-16-35)48-46(49-43)37-26-20-32(21-27-37)31-12-5-3-6-13-31/h3-30H,1-2H3. The summed E-state index contributed by atoms with van der Waals surface area (Å²) < 4.78 is 0. The van der Waals surface area contributed by atoms with Gasteiger partial charge in [-0.1, -0.05) is 178 Å². The lowest BCUT2D eigenvalue weighted by Crippen LogP contribution is -2.14. The normalized spacial score (nSPS) is 12.9. The van der Waals surface area contributed by atoms with Gasteiger partial charge < -0.3 is 0 Å². The lowest BCUT2D eigenvalue weighted by molar-refractivity contribution is 0.661. The summed E-state index contributed by atoms with van der Waals surface area (Å²) in [4.78, 5) is 10.2. The van der Waals surface area contributed by atoms with Gasteiger partial charge in [0.2, 0.25) is 0 Å². The van der Waals surface area contributed by atoms with Crippen LogP contribution in [0.3, 0.4) is 0 Å². The van der Waals surface area contributed by atoms with E-state index in [1.807, 2.05) is 12.1 Å². The lowest BCUT2D eigenvalue weighted by Gasteiger charge is -2.21. The van der Waals surface area contributed by atoms with Gasteiger partial charge in [0.05, 0.1) is 11.4 Å². The van der Waals surface area contributed by atoms with Crippen LogP contribution in [0, 0.1) is 0 Å². The fraction of sp³-hybridized carbons (Fsp3) is 0.0638. The first kappa shape index (κ1) is 29.1. The number of hydrogen-bond donors (Lipinski definition) is 0. The summed E-state index contributed by atoms with van der Waals surface area (Å²) >= 11 is 0. The third-order valence-corrected chi connectivity index (χ3v) is 10.1. The number of fused-ring (bicyclic) bond motifs is 5. The first-order chi connectivity index (χ1) is 24.0. The topological polar surface area (TPSA) is 25.8 Å². The van der Waals surface area contributed by atoms with Crippen molar-refractivity contribution in [3.8, 4) is 67.3 Å². The fourth-order valence-electron chi connectivity index (χ4n) is 7.53. The number of aromatic nitrogens is 2. The second-order valence-electron chi connectivity index (χ2n) is 13.4. The maximum atomic E-state index is 5.13. The highest BCUT2D eigenvalue weighted by atomic mass is 14.9. The van der Waals surface area contributed by atoms with Crippen molar-refractivity contribution >= 4 is 10.8 Å². The third-order valence-electron chi connectivity index (χ3n) is 10.1. The number of benzene rings is 7. The van der Waals surface area contributed by atoms with Crippen molar-refractivity contribution in [2.75, 3.05) is 0 Å². The Labute approximate surface area is 287 Å². The molecule has 0 atom stereocenters. The van der Waals surface area contributed by atoms with E-state index in [0.717, 1.165) is 28.1 Å². The summed E-state index contributed by atoms with van der Waals surface area (Å²) in [6.07, 6.45) is 0. The molecule has 2 nitrogen and oxygen atoms in total. The van der Waals surface area contributed by atoms with Crippen molar-refractivity contribution in [3.05, 3.63) is 181 Å². The van der Waals surface area contributed by atoms with Crippen LogP contribution in [0.5, 0.6) is 0 Å². The second-order valence-corrected chi connectivity index (χ2v) is 13.4. The number of nitrogens with zero attached hydrogens (tertiary/aromatic N) is 2. The smallest absolute Gasteiger partial charge is 0.160 e. The summed E-state index contributed by atoms with van der Waals surface area (Å²) in [6, 6.07) is 60.6. The Morgan fingerprint density at radius 1 is 0.388 bits per heavy atom. The van der Waals surface area contributed by atoms with Crippen LogP contribution in [0.15, 0.2) is 170 Å². The largest absolute Gasteiger partial charge is 0.228 e. The molecule has 0 radical (unpaired) electrons. The Morgan fingerprint density at radius 2 is 0.918 bits per heavy atom. The minimum Gasteiger partial charge on any atom is -0.228 e. The van der Waals surface area contributed by atoms with E-state index in [4.69, 9.17) is 9.97 Å². The Morgan fingerprint density at radius 3 is 1.63 bits per heavy atom. The second kappa shape index (κ2) is 11.5. The van der Waals surface area contributed by atoms with Crippen LogP contribution in [-0.4, -0.2) is 9.97 Å². The van der Waals surface area contributed by atoms with Gasteiger partial charge in [-0.05, 0) is 61.3 Å². The van der Waals surface area contributed by atoms with E-state index in [-0.39, 0.29) is 5.41 Å². The van der Waals surface area contributed by atoms with Crippen LogP contribution in [0.2, 0.25) is 0 Å². The van der Waals surface area contributed by atoms with E-state index in [1.54, 1.807) is 0 Å². The predicted molar refractivity (Wildman–Crippen MR) is 204 cm³/mol. The average Bonchev–Trinajstić information content (AvgIpc) is 3.42. The van der Waals surface area contributed by atoms with Crippen molar-refractivity contribution < 1.29 is 0 Å². The highest BCUT2D eigenvalue weighted by Crippen LogP contribution is 2.54. The molecule has 0 aliphatic heterocycles. The molecule has 1 heterocycles. The van der Waals surface area contributed by atoms with Gasteiger partial charge in [0.25, 0.3) is 0 Å². The van der Waals surface area contributed by atoms with Gasteiger partial charge in [-0.25, -0.2) is 9.97 Å². The van der Waals surface area contributed by atoms with Crippen LogP contribution >= 0.6 is 0 Å². The molecule has 1 aliphatic carbocycles. The minimum absolute atomic E-state index is 0.0743. The van der Waals surface area contributed by atoms with E-state index in [2.05, 4.69) is 172 Å². The van der Waals surface area contributed by atoms with Gasteiger partial charge in [-0.3, -0.25) is 0 Å². The van der Waals surface area contributed by atoms with E-state index < -0.39 is 0 Å². The van der Waals surface area contributed by atoms with Gasteiger partial charge in [-0.2, -0.15) is 0 Å². The zero-order chi connectivity index (χ0) is 33.0. The molecule has 7 aromatic carbocycles. The summed E-state index contributed by atoms with van der Waals surface area (Å²) in [5, 5.41) is 2.59. The zero-order valence-electron chi connectivity index (χ0n) is 27.6. The van der Waals surface area contributed by atoms with E-state index in [1.165, 1.54) is 55.3 Å². The molecule has 0 saturated heterocycles. The Bertz CT molecular complexity index is 2480. The van der Waals surface area contributed by atoms with Crippen LogP contribution in [0.1, 0.15) is 25.0 Å². The Balaban J connectivity index is 1.14. The van der Waals surface area contributed by atoms with Crippen molar-refractivity contribution in [1.29, 1.82) is 0 Å². The molecular weight excluding hydrogens is 593 g/mol. The average molecular weight is 627 g/mol. The summed E-state index contributed by atoms with van der Waals surface area (Å²) in [5.74, 6) is 0.714. The maximum absolute atomic E-state index is 5.13. The summed E-state index contributed by atoms with van der Waals surface area (Å²) in [7, 11) is 0. The molecule has 0 fully saturated rings. The Kier molecular flexibility index (Phi) is 6.84. The van der Waals surface area contributed by atoms with Crippen LogP contribution in [-0.2, 0) is 5.41 Å². The molecule has 0 unspecified atom stereocenters. The minimum atomic E-state index is -0.0743. The van der Waals surface area contributed by atoms with Crippen molar-refractivity contribution in [1.82, 2.24) is 9.97 Å². The molecule has 9 rings (SSSR count). The third kappa shape index (κ3) is 4.96. The quantitative estimate of drug-likeness (QED) is 0.190. The van der Waals surface area contributed by atoms with Gasteiger partial charge in [0.15, 0.2) is 5.82 Å². The van der Waals surface area contributed by atoms with E-state index in [9.17, 15) is 0 Å². The molecule has 0 bridgehead atoms. The zero-order valence-corrected chi connectivity index (χ0v) is 27.6. The molecule has 0 saturated carbocycles. The predicted octanol–water partition coefficient (Wildman–Crippen LogP) is 12.3. The SMILES string of the molecule is CC1(C)c2cccc(-c3ccc(-c4cc(-c5ccccc5)nc(-c5ccc(-c6ccccc6)cc5)n4)cc3)c2-c2c1ccc1ccccc21. The monoisotopic (exact) mass is 626 g/mol. The molecule has 1 aromatic heterocycles. The number of rotatable bonds is 5. The van der Waals surface area contributed by atoms with Gasteiger partial charge >= 0.3 is 0 Å². The summed E-state index contributed by atoms with van der Waals surface area (Å²) in [5.41, 5.74) is 15.2. The maximum Gasteiger partial charge on any atom is 0.160 e. The molecule has 232 valence electrons. The molecule has 8 aromatic rings.